The molecule has 1 aliphatic carbocycles. The molecule has 2 aromatic carbocycles. The number of fused-ring (bicyclic) bond motifs is 3. The van der Waals surface area contributed by atoms with Crippen molar-refractivity contribution in [1.82, 2.24) is 10.2 Å². The standard InChI is InChI=1S/C20H21N3O2/c1-12-4-5-13-10-17-19(16(13)8-12)22-23-20(17)21-11-14-9-15(24-2)6-7-18(14)25-3/h4-9H,10-11H2,1-3H3,(H2,21,22,23). The molecule has 0 aliphatic heterocycles. The van der Waals surface area contributed by atoms with E-state index in [2.05, 4.69) is 40.6 Å². The van der Waals surface area contributed by atoms with E-state index >= 15 is 0 Å². The van der Waals surface area contributed by atoms with Crippen LogP contribution in [0.4, 0.5) is 5.82 Å². The fraction of sp³-hybridized carbons (Fsp3) is 0.250. The van der Waals surface area contributed by atoms with Gasteiger partial charge in [0.15, 0.2) is 0 Å². The van der Waals surface area contributed by atoms with Gasteiger partial charge in [-0.1, -0.05) is 17.7 Å². The second-order valence-corrected chi connectivity index (χ2v) is 6.29. The number of aromatic nitrogens is 2. The van der Waals surface area contributed by atoms with Gasteiger partial charge in [0.05, 0.1) is 19.9 Å². The first-order valence-electron chi connectivity index (χ1n) is 8.31. The first-order chi connectivity index (χ1) is 12.2. The maximum absolute atomic E-state index is 5.45. The average molecular weight is 335 g/mol. The van der Waals surface area contributed by atoms with Crippen LogP contribution in [0.2, 0.25) is 0 Å². The summed E-state index contributed by atoms with van der Waals surface area (Å²) < 4.78 is 10.8. The SMILES string of the molecule is COc1ccc(OC)c(CNc2[nH]nc3c2Cc2ccc(C)cc2-3)c1. The van der Waals surface area contributed by atoms with Gasteiger partial charge in [0.2, 0.25) is 0 Å². The highest BCUT2D eigenvalue weighted by molar-refractivity contribution is 5.78. The normalized spacial score (nSPS) is 11.8. The molecule has 4 rings (SSSR count). The lowest BCUT2D eigenvalue weighted by Gasteiger charge is -2.12. The molecule has 0 unspecified atom stereocenters. The zero-order chi connectivity index (χ0) is 17.4. The molecule has 1 heterocycles. The zero-order valence-electron chi connectivity index (χ0n) is 14.6. The molecule has 2 N–H and O–H groups in total. The number of hydrogen-bond acceptors (Lipinski definition) is 4. The number of nitrogens with zero attached hydrogens (tertiary/aromatic N) is 1. The Morgan fingerprint density at radius 2 is 2.00 bits per heavy atom. The number of methoxy groups -OCH3 is 2. The Morgan fingerprint density at radius 3 is 2.80 bits per heavy atom. The molecule has 0 amide bonds. The Bertz CT molecular complexity index is 931. The zero-order valence-corrected chi connectivity index (χ0v) is 14.6. The van der Waals surface area contributed by atoms with Gasteiger partial charge in [-0.05, 0) is 36.8 Å². The van der Waals surface area contributed by atoms with Crippen LogP contribution in [0.15, 0.2) is 36.4 Å². The molecule has 0 radical (unpaired) electrons. The second kappa shape index (κ2) is 6.16. The van der Waals surface area contributed by atoms with Crippen LogP contribution < -0.4 is 14.8 Å². The molecule has 1 aromatic heterocycles. The summed E-state index contributed by atoms with van der Waals surface area (Å²) >= 11 is 0. The van der Waals surface area contributed by atoms with E-state index in [4.69, 9.17) is 9.47 Å². The number of hydrogen-bond donors (Lipinski definition) is 2. The maximum atomic E-state index is 5.45. The molecular formula is C20H21N3O2. The number of ether oxygens (including phenoxy) is 2. The first-order valence-corrected chi connectivity index (χ1v) is 8.31. The van der Waals surface area contributed by atoms with Crippen molar-refractivity contribution in [3.8, 4) is 22.8 Å². The lowest BCUT2D eigenvalue weighted by atomic mass is 10.1. The Kier molecular flexibility index (Phi) is 3.84. The maximum Gasteiger partial charge on any atom is 0.125 e. The van der Waals surface area contributed by atoms with Gasteiger partial charge >= 0.3 is 0 Å². The predicted octanol–water partition coefficient (Wildman–Crippen LogP) is 3.92. The highest BCUT2D eigenvalue weighted by Gasteiger charge is 2.24. The second-order valence-electron chi connectivity index (χ2n) is 6.29. The highest BCUT2D eigenvalue weighted by Crippen LogP contribution is 2.39. The minimum Gasteiger partial charge on any atom is -0.497 e. The van der Waals surface area contributed by atoms with E-state index < -0.39 is 0 Å². The molecule has 128 valence electrons. The molecule has 0 fully saturated rings. The van der Waals surface area contributed by atoms with Gasteiger partial charge in [-0.3, -0.25) is 5.10 Å². The van der Waals surface area contributed by atoms with E-state index in [0.717, 1.165) is 35.0 Å². The molecule has 1 aliphatic rings. The number of benzene rings is 2. The summed E-state index contributed by atoms with van der Waals surface area (Å²) in [5.74, 6) is 2.62. The van der Waals surface area contributed by atoms with Gasteiger partial charge in [0.25, 0.3) is 0 Å². The van der Waals surface area contributed by atoms with Crippen LogP contribution in [-0.4, -0.2) is 24.4 Å². The Labute approximate surface area is 147 Å². The van der Waals surface area contributed by atoms with Gasteiger partial charge < -0.3 is 14.8 Å². The number of aryl methyl sites for hydroxylation is 1. The number of rotatable bonds is 5. The summed E-state index contributed by atoms with van der Waals surface area (Å²) in [6, 6.07) is 12.4. The van der Waals surface area contributed by atoms with Crippen LogP contribution in [0.1, 0.15) is 22.3 Å². The molecule has 0 saturated carbocycles. The molecule has 0 spiro atoms. The minimum atomic E-state index is 0.629. The topological polar surface area (TPSA) is 59.2 Å². The van der Waals surface area contributed by atoms with Crippen LogP contribution in [0.5, 0.6) is 11.5 Å². The van der Waals surface area contributed by atoms with Crippen molar-refractivity contribution in [3.63, 3.8) is 0 Å². The minimum absolute atomic E-state index is 0.629. The molecule has 0 saturated heterocycles. The largest absolute Gasteiger partial charge is 0.497 e. The Hall–Kier alpha value is -2.95. The fourth-order valence-electron chi connectivity index (χ4n) is 3.37. The van der Waals surface area contributed by atoms with Crippen molar-refractivity contribution >= 4 is 5.82 Å². The van der Waals surface area contributed by atoms with Gasteiger partial charge in [-0.2, -0.15) is 5.10 Å². The fourth-order valence-corrected chi connectivity index (χ4v) is 3.37. The van der Waals surface area contributed by atoms with Crippen molar-refractivity contribution < 1.29 is 9.47 Å². The molecule has 5 heteroatoms. The molecule has 0 atom stereocenters. The Balaban J connectivity index is 1.58. The van der Waals surface area contributed by atoms with Crippen LogP contribution in [0, 0.1) is 6.92 Å². The molecule has 0 bridgehead atoms. The van der Waals surface area contributed by atoms with Gasteiger partial charge in [-0.25, -0.2) is 0 Å². The van der Waals surface area contributed by atoms with Gasteiger partial charge in [0, 0.05) is 29.7 Å². The van der Waals surface area contributed by atoms with E-state index in [1.165, 1.54) is 22.3 Å². The monoisotopic (exact) mass is 335 g/mol. The average Bonchev–Trinajstić information content (AvgIpc) is 3.19. The summed E-state index contributed by atoms with van der Waals surface area (Å²) in [7, 11) is 3.35. The summed E-state index contributed by atoms with van der Waals surface area (Å²) in [4.78, 5) is 0. The predicted molar refractivity (Wildman–Crippen MR) is 98.4 cm³/mol. The van der Waals surface area contributed by atoms with E-state index in [0.29, 0.717) is 6.54 Å². The summed E-state index contributed by atoms with van der Waals surface area (Å²) in [5, 5.41) is 11.1. The smallest absolute Gasteiger partial charge is 0.125 e. The third-order valence-electron chi connectivity index (χ3n) is 4.70. The van der Waals surface area contributed by atoms with Crippen LogP contribution in [0.3, 0.4) is 0 Å². The Morgan fingerprint density at radius 1 is 1.12 bits per heavy atom. The lowest BCUT2D eigenvalue weighted by Crippen LogP contribution is -2.04. The summed E-state index contributed by atoms with van der Waals surface area (Å²) in [6.45, 7) is 2.74. The third kappa shape index (κ3) is 2.71. The number of nitrogens with one attached hydrogen (secondary N) is 2. The van der Waals surface area contributed by atoms with E-state index in [1.54, 1.807) is 14.2 Å². The van der Waals surface area contributed by atoms with E-state index in [9.17, 15) is 0 Å². The number of aromatic amines is 1. The van der Waals surface area contributed by atoms with Gasteiger partial charge in [-0.15, -0.1) is 0 Å². The number of H-pyrrole nitrogens is 1. The van der Waals surface area contributed by atoms with Crippen molar-refractivity contribution in [2.75, 3.05) is 19.5 Å². The van der Waals surface area contributed by atoms with E-state index in [1.807, 2.05) is 18.2 Å². The van der Waals surface area contributed by atoms with Crippen molar-refractivity contribution in [2.45, 2.75) is 19.9 Å². The lowest BCUT2D eigenvalue weighted by molar-refractivity contribution is 0.399. The molecule has 5 nitrogen and oxygen atoms in total. The molecular weight excluding hydrogens is 314 g/mol. The van der Waals surface area contributed by atoms with Crippen LogP contribution in [-0.2, 0) is 13.0 Å². The van der Waals surface area contributed by atoms with Gasteiger partial charge in [0.1, 0.15) is 17.3 Å². The highest BCUT2D eigenvalue weighted by atomic mass is 16.5. The van der Waals surface area contributed by atoms with Crippen LogP contribution >= 0.6 is 0 Å². The van der Waals surface area contributed by atoms with Crippen LogP contribution in [0.25, 0.3) is 11.3 Å². The van der Waals surface area contributed by atoms with Crippen molar-refractivity contribution in [3.05, 3.63) is 58.7 Å². The van der Waals surface area contributed by atoms with Crippen molar-refractivity contribution in [1.29, 1.82) is 0 Å². The third-order valence-corrected chi connectivity index (χ3v) is 4.70. The molecule has 25 heavy (non-hydrogen) atoms. The van der Waals surface area contributed by atoms with E-state index in [-0.39, 0.29) is 0 Å². The van der Waals surface area contributed by atoms with Crippen molar-refractivity contribution in [2.24, 2.45) is 0 Å². The summed E-state index contributed by atoms with van der Waals surface area (Å²) in [5.41, 5.74) is 7.14. The quantitative estimate of drug-likeness (QED) is 0.580. The number of anilines is 1. The molecule has 3 aromatic rings. The first kappa shape index (κ1) is 15.6. The summed E-state index contributed by atoms with van der Waals surface area (Å²) in [6.07, 6.45) is 0.902.